The Morgan fingerprint density at radius 1 is 1.13 bits per heavy atom. The first kappa shape index (κ1) is 26.5. The number of carbonyl (C=O) groups is 2. The number of fused-ring (bicyclic) bond motifs is 1. The molecule has 0 saturated carbocycles. The highest BCUT2D eigenvalue weighted by atomic mass is 16.6. The van der Waals surface area contributed by atoms with Gasteiger partial charge in [0.05, 0.1) is 34.4 Å². The van der Waals surface area contributed by atoms with Crippen LogP contribution >= 0.6 is 0 Å². The average Bonchev–Trinajstić information content (AvgIpc) is 3.18. The van der Waals surface area contributed by atoms with Gasteiger partial charge in [0.25, 0.3) is 11.6 Å². The van der Waals surface area contributed by atoms with Crippen LogP contribution < -0.4 is 10.1 Å². The van der Waals surface area contributed by atoms with Crippen molar-refractivity contribution in [2.24, 2.45) is 13.0 Å². The molecule has 0 aliphatic heterocycles. The second-order valence-electron chi connectivity index (χ2n) is 9.70. The Kier molecular flexibility index (Phi) is 7.30. The van der Waals surface area contributed by atoms with Gasteiger partial charge in [-0.05, 0) is 49.1 Å². The number of ketones is 1. The molecule has 0 spiro atoms. The third-order valence-electron chi connectivity index (χ3n) is 6.56. The molecule has 2 aromatic heterocycles. The molecule has 1 amide bonds. The lowest BCUT2D eigenvalue weighted by Crippen LogP contribution is -2.27. The molecular weight excluding hydrogens is 484 g/mol. The van der Waals surface area contributed by atoms with Gasteiger partial charge < -0.3 is 14.6 Å². The van der Waals surface area contributed by atoms with Crippen LogP contribution in [0.25, 0.3) is 33.3 Å². The Morgan fingerprint density at radius 2 is 1.87 bits per heavy atom. The Hall–Kier alpha value is -4.53. The number of hydrogen-bond donors (Lipinski definition) is 1. The summed E-state index contributed by atoms with van der Waals surface area (Å²) in [5.41, 5.74) is 5.36. The molecule has 0 aliphatic carbocycles. The van der Waals surface area contributed by atoms with E-state index >= 15 is 0 Å². The minimum Gasteiger partial charge on any atom is -0.496 e. The number of hydrogen-bond acceptors (Lipinski definition) is 6. The topological polar surface area (TPSA) is 116 Å². The van der Waals surface area contributed by atoms with Gasteiger partial charge in [-0.1, -0.05) is 19.9 Å². The number of pyridine rings is 1. The molecule has 4 aromatic rings. The molecule has 9 nitrogen and oxygen atoms in total. The monoisotopic (exact) mass is 514 g/mol. The highest BCUT2D eigenvalue weighted by Gasteiger charge is 2.25. The van der Waals surface area contributed by atoms with Gasteiger partial charge in [-0.15, -0.1) is 0 Å². The standard InChI is InChI=1S/C29H30N4O5/c1-16(2)13-31-29(35)22-9-7-19(12-25(22)38-6)26-24-15-30-14-23(18(4)34)27(24)32(5)28(26)21-10-8-20(33(36)37)11-17(21)3/h7-12,14-16H,13H2,1-6H3,(H,31,35). The van der Waals surface area contributed by atoms with Gasteiger partial charge >= 0.3 is 0 Å². The third kappa shape index (κ3) is 4.74. The summed E-state index contributed by atoms with van der Waals surface area (Å²) in [6.45, 7) is 7.89. The summed E-state index contributed by atoms with van der Waals surface area (Å²) >= 11 is 0. The van der Waals surface area contributed by atoms with Crippen molar-refractivity contribution in [2.45, 2.75) is 27.7 Å². The normalized spacial score (nSPS) is 11.1. The zero-order chi connectivity index (χ0) is 27.7. The molecular formula is C29H30N4O5. The van der Waals surface area contributed by atoms with Crippen molar-refractivity contribution in [3.8, 4) is 28.1 Å². The Labute approximate surface area is 220 Å². The number of nitro benzene ring substituents is 1. The summed E-state index contributed by atoms with van der Waals surface area (Å²) in [4.78, 5) is 40.6. The van der Waals surface area contributed by atoms with Crippen molar-refractivity contribution in [3.05, 3.63) is 75.6 Å². The van der Waals surface area contributed by atoms with E-state index in [1.54, 1.807) is 30.6 Å². The smallest absolute Gasteiger partial charge is 0.269 e. The maximum atomic E-state index is 12.8. The lowest BCUT2D eigenvalue weighted by atomic mass is 9.95. The van der Waals surface area contributed by atoms with E-state index in [9.17, 15) is 19.7 Å². The van der Waals surface area contributed by atoms with Gasteiger partial charge in [-0.2, -0.15) is 0 Å². The van der Waals surface area contributed by atoms with Crippen molar-refractivity contribution in [3.63, 3.8) is 0 Å². The fraction of sp³-hybridized carbons (Fsp3) is 0.276. The van der Waals surface area contributed by atoms with Crippen molar-refractivity contribution in [2.75, 3.05) is 13.7 Å². The lowest BCUT2D eigenvalue weighted by molar-refractivity contribution is -0.384. The van der Waals surface area contributed by atoms with Gasteiger partial charge in [-0.25, -0.2) is 0 Å². The number of nitrogens with zero attached hydrogens (tertiary/aromatic N) is 3. The maximum Gasteiger partial charge on any atom is 0.269 e. The summed E-state index contributed by atoms with van der Waals surface area (Å²) in [6, 6.07) is 10.1. The van der Waals surface area contributed by atoms with Crippen LogP contribution in [0, 0.1) is 23.0 Å². The molecule has 4 rings (SSSR count). The summed E-state index contributed by atoms with van der Waals surface area (Å²) < 4.78 is 7.54. The zero-order valence-electron chi connectivity index (χ0n) is 22.3. The van der Waals surface area contributed by atoms with Crippen molar-refractivity contribution < 1.29 is 19.2 Å². The average molecular weight is 515 g/mol. The van der Waals surface area contributed by atoms with Gasteiger partial charge in [0.15, 0.2) is 5.78 Å². The highest BCUT2D eigenvalue weighted by molar-refractivity contribution is 6.13. The van der Waals surface area contributed by atoms with Gasteiger partial charge in [-0.3, -0.25) is 24.7 Å². The first-order valence-electron chi connectivity index (χ1n) is 12.2. The molecule has 2 heterocycles. The highest BCUT2D eigenvalue weighted by Crippen LogP contribution is 2.43. The molecule has 9 heteroatoms. The van der Waals surface area contributed by atoms with Crippen LogP contribution in [0.3, 0.4) is 0 Å². The first-order chi connectivity index (χ1) is 18.0. The van der Waals surface area contributed by atoms with E-state index in [4.69, 9.17) is 4.74 Å². The number of benzene rings is 2. The molecule has 0 atom stereocenters. The molecule has 0 bridgehead atoms. The summed E-state index contributed by atoms with van der Waals surface area (Å²) in [6.07, 6.45) is 3.25. The molecule has 1 N–H and O–H groups in total. The van der Waals surface area contributed by atoms with Crippen LogP contribution in [0.1, 0.15) is 47.1 Å². The number of ether oxygens (including phenoxy) is 1. The molecule has 0 saturated heterocycles. The predicted molar refractivity (Wildman–Crippen MR) is 147 cm³/mol. The predicted octanol–water partition coefficient (Wildman–Crippen LogP) is 5.72. The molecule has 2 aromatic carbocycles. The molecule has 38 heavy (non-hydrogen) atoms. The van der Waals surface area contributed by atoms with Crippen LogP contribution in [-0.2, 0) is 7.05 Å². The van der Waals surface area contributed by atoms with E-state index in [-0.39, 0.29) is 17.4 Å². The van der Waals surface area contributed by atoms with Crippen molar-refractivity contribution in [1.29, 1.82) is 0 Å². The largest absolute Gasteiger partial charge is 0.496 e. The quantitative estimate of drug-likeness (QED) is 0.183. The maximum absolute atomic E-state index is 12.8. The van der Waals surface area contributed by atoms with Gasteiger partial charge in [0, 0.05) is 54.6 Å². The van der Waals surface area contributed by atoms with Crippen LogP contribution in [0.5, 0.6) is 5.75 Å². The minimum atomic E-state index is -0.426. The molecule has 0 unspecified atom stereocenters. The fourth-order valence-electron chi connectivity index (χ4n) is 4.72. The van der Waals surface area contributed by atoms with Crippen LogP contribution in [0.4, 0.5) is 5.69 Å². The third-order valence-corrected chi connectivity index (χ3v) is 6.56. The number of aryl methyl sites for hydroxylation is 2. The lowest BCUT2D eigenvalue weighted by Gasteiger charge is -2.14. The van der Waals surface area contributed by atoms with E-state index in [2.05, 4.69) is 10.3 Å². The zero-order valence-corrected chi connectivity index (χ0v) is 22.3. The summed E-state index contributed by atoms with van der Waals surface area (Å²) in [5.74, 6) is 0.349. The van der Waals surface area contributed by atoms with E-state index in [0.717, 1.165) is 27.8 Å². The number of nitrogens with one attached hydrogen (secondary N) is 1. The molecule has 0 fully saturated rings. The fourth-order valence-corrected chi connectivity index (χ4v) is 4.72. The first-order valence-corrected chi connectivity index (χ1v) is 12.2. The molecule has 0 radical (unpaired) electrons. The van der Waals surface area contributed by atoms with Gasteiger partial charge in [0.1, 0.15) is 5.75 Å². The molecule has 196 valence electrons. The number of non-ortho nitro benzene ring substituents is 1. The number of methoxy groups -OCH3 is 1. The number of carbonyl (C=O) groups excluding carboxylic acids is 2. The number of amides is 1. The second kappa shape index (κ2) is 10.5. The Bertz CT molecular complexity index is 1590. The van der Waals surface area contributed by atoms with Gasteiger partial charge in [0.2, 0.25) is 0 Å². The van der Waals surface area contributed by atoms with Crippen LogP contribution in [0.2, 0.25) is 0 Å². The van der Waals surface area contributed by atoms with E-state index < -0.39 is 4.92 Å². The second-order valence-corrected chi connectivity index (χ2v) is 9.70. The van der Waals surface area contributed by atoms with E-state index in [1.807, 2.05) is 38.5 Å². The van der Waals surface area contributed by atoms with Crippen molar-refractivity contribution in [1.82, 2.24) is 14.9 Å². The number of aromatic nitrogens is 2. The van der Waals surface area contributed by atoms with E-state index in [1.165, 1.54) is 26.2 Å². The number of nitro groups is 1. The molecule has 0 aliphatic rings. The van der Waals surface area contributed by atoms with Crippen LogP contribution in [0.15, 0.2) is 48.8 Å². The summed E-state index contributed by atoms with van der Waals surface area (Å²) in [7, 11) is 3.37. The Balaban J connectivity index is 2.01. The Morgan fingerprint density at radius 3 is 2.47 bits per heavy atom. The summed E-state index contributed by atoms with van der Waals surface area (Å²) in [5, 5.41) is 15.0. The number of rotatable bonds is 8. The van der Waals surface area contributed by atoms with Crippen LogP contribution in [-0.4, -0.2) is 39.8 Å². The minimum absolute atomic E-state index is 0.00362. The van der Waals surface area contributed by atoms with Crippen molar-refractivity contribution >= 4 is 28.3 Å². The number of Topliss-reactive ketones (excluding diaryl/α,β-unsaturated/α-hetero) is 1. The SMILES string of the molecule is COc1cc(-c2c(-c3ccc([N+](=O)[O-])cc3C)n(C)c3c(C(C)=O)cncc23)ccc1C(=O)NCC(C)C. The van der Waals surface area contributed by atoms with E-state index in [0.29, 0.717) is 40.4 Å².